The van der Waals surface area contributed by atoms with Crippen LogP contribution in [-0.4, -0.2) is 16.8 Å². The van der Waals surface area contributed by atoms with Gasteiger partial charge in [-0.15, -0.1) is 0 Å². The monoisotopic (exact) mass is 154 g/mol. The van der Waals surface area contributed by atoms with E-state index in [0.717, 1.165) is 5.56 Å². The van der Waals surface area contributed by atoms with E-state index in [1.165, 1.54) is 12.1 Å². The Balaban J connectivity index is 2.86. The molecule has 0 aromatic heterocycles. The third-order valence-electron chi connectivity index (χ3n) is 1.47. The first kappa shape index (κ1) is 7.88. The first-order valence-electron chi connectivity index (χ1n) is 3.45. The molecule has 0 unspecified atom stereocenters. The highest BCUT2D eigenvalue weighted by Gasteiger charge is 1.98. The smallest absolute Gasteiger partial charge is 0.157 e. The minimum Gasteiger partial charge on any atom is -0.504 e. The van der Waals surface area contributed by atoms with E-state index < -0.39 is 0 Å². The van der Waals surface area contributed by atoms with E-state index in [2.05, 4.69) is 0 Å². The minimum atomic E-state index is -0.0919. The first-order valence-corrected chi connectivity index (χ1v) is 3.45. The molecule has 0 radical (unpaired) electrons. The molecule has 0 fully saturated rings. The summed E-state index contributed by atoms with van der Waals surface area (Å²) in [5.74, 6) is -0.179. The quantitative estimate of drug-likeness (QED) is 0.546. The van der Waals surface area contributed by atoms with Crippen molar-refractivity contribution in [2.24, 2.45) is 5.73 Å². The lowest BCUT2D eigenvalue weighted by atomic mass is 10.2. The van der Waals surface area contributed by atoms with Crippen LogP contribution in [0.15, 0.2) is 18.2 Å². The van der Waals surface area contributed by atoms with Gasteiger partial charge in [-0.3, -0.25) is 0 Å². The number of benzene rings is 1. The van der Waals surface area contributed by atoms with Gasteiger partial charge in [-0.1, -0.05) is 6.07 Å². The molecular weight excluding hydrogens is 143 g/mol. The Bertz CT molecular complexity index is 248. The number of rotatable bonds is 2. The zero-order chi connectivity index (χ0) is 8.27. The molecule has 0 aliphatic heterocycles. The molecule has 0 saturated carbocycles. The largest absolute Gasteiger partial charge is 0.504 e. The van der Waals surface area contributed by atoms with Crippen molar-refractivity contribution in [2.45, 2.75) is 6.42 Å². The lowest BCUT2D eigenvalue weighted by molar-refractivity contribution is 0.403. The Kier molecular flexibility index (Phi) is 2.33. The normalized spacial score (nSPS) is 9.91. The zero-order valence-corrected chi connectivity index (χ0v) is 6.12. The van der Waals surface area contributed by atoms with Crippen molar-refractivity contribution in [3.8, 4) is 11.5 Å². The third-order valence-corrected chi connectivity index (χ3v) is 1.47. The number of aromatic hydroxyl groups is 2. The van der Waals surface area contributed by atoms with Crippen LogP contribution in [0.2, 0.25) is 0 Å². The fraction of sp³-hybridized carbons (Fsp3) is 0.250. The average Bonchev–Trinajstić information content (AvgIpc) is 1.98. The van der Waals surface area contributed by atoms with Crippen LogP contribution in [0.4, 0.5) is 0 Å². The fourth-order valence-electron chi connectivity index (χ4n) is 0.891. The molecule has 0 amide bonds. The van der Waals surface area contributed by atoms with Gasteiger partial charge in [-0.2, -0.15) is 0 Å². The topological polar surface area (TPSA) is 66.5 Å². The van der Waals surface area contributed by atoms with Gasteiger partial charge in [0, 0.05) is 0 Å². The maximum Gasteiger partial charge on any atom is 0.157 e. The first-order chi connectivity index (χ1) is 5.24. The highest BCUT2D eigenvalue weighted by atomic mass is 16.4. The molecular formula is C8H11NO2. The van der Waals surface area contributed by atoms with Crippen molar-refractivity contribution in [3.63, 3.8) is 0 Å². The highest BCUT2D eigenvalue weighted by Crippen LogP contribution is 2.24. The maximum atomic E-state index is 9.04. The maximum absolute atomic E-state index is 9.04. The van der Waals surface area contributed by atoms with Crippen LogP contribution in [0.1, 0.15) is 5.56 Å². The van der Waals surface area contributed by atoms with Crippen molar-refractivity contribution in [3.05, 3.63) is 23.8 Å². The third kappa shape index (κ3) is 1.85. The second kappa shape index (κ2) is 3.25. The van der Waals surface area contributed by atoms with Crippen LogP contribution in [0.3, 0.4) is 0 Å². The van der Waals surface area contributed by atoms with Crippen LogP contribution in [0.25, 0.3) is 0 Å². The van der Waals surface area contributed by atoms with Crippen molar-refractivity contribution in [1.29, 1.82) is 0 Å². The summed E-state index contributed by atoms with van der Waals surface area (Å²) in [7, 11) is 0. The Morgan fingerprint density at radius 3 is 2.45 bits per heavy atom. The van der Waals surface area contributed by atoms with Gasteiger partial charge in [0.2, 0.25) is 0 Å². The van der Waals surface area contributed by atoms with E-state index in [1.807, 2.05) is 0 Å². The summed E-state index contributed by atoms with van der Waals surface area (Å²) in [5.41, 5.74) is 6.24. The predicted octanol–water partition coefficient (Wildman–Crippen LogP) is 0.599. The molecule has 0 aliphatic rings. The van der Waals surface area contributed by atoms with Gasteiger partial charge in [-0.25, -0.2) is 0 Å². The molecule has 3 nitrogen and oxygen atoms in total. The fourth-order valence-corrected chi connectivity index (χ4v) is 0.891. The molecule has 0 heterocycles. The number of phenolic OH excluding ortho intramolecular Hbond substituents is 2. The van der Waals surface area contributed by atoms with E-state index >= 15 is 0 Å². The number of phenols is 2. The molecule has 0 saturated heterocycles. The molecule has 4 N–H and O–H groups in total. The molecule has 60 valence electrons. The summed E-state index contributed by atoms with van der Waals surface area (Å²) in [6.07, 6.45) is 0.716. The molecule has 11 heavy (non-hydrogen) atoms. The van der Waals surface area contributed by atoms with Crippen LogP contribution in [0.5, 0.6) is 11.5 Å². The Morgan fingerprint density at radius 2 is 1.91 bits per heavy atom. The molecule has 1 rings (SSSR count). The zero-order valence-electron chi connectivity index (χ0n) is 6.12. The van der Waals surface area contributed by atoms with Gasteiger partial charge >= 0.3 is 0 Å². The Labute approximate surface area is 65.1 Å². The van der Waals surface area contributed by atoms with Crippen LogP contribution >= 0.6 is 0 Å². The average molecular weight is 154 g/mol. The number of hydrogen-bond acceptors (Lipinski definition) is 3. The van der Waals surface area contributed by atoms with Gasteiger partial charge < -0.3 is 15.9 Å². The molecule has 0 aliphatic carbocycles. The van der Waals surface area contributed by atoms with E-state index in [4.69, 9.17) is 15.9 Å². The molecule has 0 bridgehead atoms. The Morgan fingerprint density at radius 1 is 1.18 bits per heavy atom. The molecule has 1 aromatic rings. The van der Waals surface area contributed by atoms with Crippen molar-refractivity contribution in [1.82, 2.24) is 0 Å². The lowest BCUT2D eigenvalue weighted by Crippen LogP contribution is -2.02. The second-order valence-corrected chi connectivity index (χ2v) is 2.36. The molecule has 1 aromatic carbocycles. The van der Waals surface area contributed by atoms with Crippen LogP contribution in [0, 0.1) is 0 Å². The highest BCUT2D eigenvalue weighted by molar-refractivity contribution is 5.40. The minimum absolute atomic E-state index is 0.0871. The predicted molar refractivity (Wildman–Crippen MR) is 42.5 cm³/mol. The molecule has 3 heteroatoms. The second-order valence-electron chi connectivity index (χ2n) is 2.36. The van der Waals surface area contributed by atoms with Gasteiger partial charge in [-0.05, 0) is 30.7 Å². The summed E-state index contributed by atoms with van der Waals surface area (Å²) in [5, 5.41) is 18.0. The van der Waals surface area contributed by atoms with Crippen molar-refractivity contribution >= 4 is 0 Å². The van der Waals surface area contributed by atoms with Gasteiger partial charge in [0.15, 0.2) is 11.5 Å². The van der Waals surface area contributed by atoms with E-state index in [-0.39, 0.29) is 11.5 Å². The Hall–Kier alpha value is -1.22. The summed E-state index contributed by atoms with van der Waals surface area (Å²) in [6.45, 7) is 0.546. The van der Waals surface area contributed by atoms with Gasteiger partial charge in [0.05, 0.1) is 0 Å². The summed E-state index contributed by atoms with van der Waals surface area (Å²) < 4.78 is 0. The van der Waals surface area contributed by atoms with Crippen LogP contribution < -0.4 is 5.73 Å². The van der Waals surface area contributed by atoms with E-state index in [1.54, 1.807) is 6.07 Å². The summed E-state index contributed by atoms with van der Waals surface area (Å²) in [6, 6.07) is 4.71. The SMILES string of the molecule is NCCc1ccc(O)[13c](O)c1. The molecule has 0 spiro atoms. The lowest BCUT2D eigenvalue weighted by Gasteiger charge is -2.00. The van der Waals surface area contributed by atoms with Gasteiger partial charge in [0.25, 0.3) is 0 Å². The number of nitrogens with two attached hydrogens (primary N) is 1. The van der Waals surface area contributed by atoms with Crippen molar-refractivity contribution in [2.75, 3.05) is 6.54 Å². The van der Waals surface area contributed by atoms with Crippen LogP contribution in [-0.2, 0) is 6.42 Å². The van der Waals surface area contributed by atoms with Crippen molar-refractivity contribution < 1.29 is 10.2 Å². The summed E-state index contributed by atoms with van der Waals surface area (Å²) >= 11 is 0. The van der Waals surface area contributed by atoms with E-state index in [9.17, 15) is 0 Å². The number of hydrogen-bond donors (Lipinski definition) is 3. The summed E-state index contributed by atoms with van der Waals surface area (Å²) in [4.78, 5) is 0. The standard InChI is InChI=1S/C8H11NO2/c9-4-3-6-1-2-7(10)8(11)5-6/h1-2,5,10-11H,3-4,9H2/i8+1. The van der Waals surface area contributed by atoms with Gasteiger partial charge in [0.1, 0.15) is 0 Å². The molecule has 0 atom stereocenters. The van der Waals surface area contributed by atoms with E-state index in [0.29, 0.717) is 13.0 Å².